The second-order valence-electron chi connectivity index (χ2n) is 6.61. The van der Waals surface area contributed by atoms with E-state index in [-0.39, 0.29) is 12.3 Å². The first kappa shape index (κ1) is 18.2. The van der Waals surface area contributed by atoms with Crippen LogP contribution in [0.1, 0.15) is 41.0 Å². The number of nitrogens with one attached hydrogen (secondary N) is 2. The van der Waals surface area contributed by atoms with Gasteiger partial charge in [-0.3, -0.25) is 4.79 Å². The van der Waals surface area contributed by atoms with Crippen molar-refractivity contribution in [1.29, 1.82) is 0 Å². The second-order valence-corrected chi connectivity index (χ2v) is 6.99. The van der Waals surface area contributed by atoms with E-state index in [0.717, 1.165) is 0 Å². The molecule has 22 heavy (non-hydrogen) atoms. The summed E-state index contributed by atoms with van der Waals surface area (Å²) in [5.41, 5.74) is -0.786. The zero-order chi connectivity index (χ0) is 17.0. The zero-order valence-electron chi connectivity index (χ0n) is 13.5. The van der Waals surface area contributed by atoms with Gasteiger partial charge in [0.25, 0.3) is 0 Å². The van der Waals surface area contributed by atoms with Crippen LogP contribution in [-0.4, -0.2) is 28.1 Å². The Hall–Kier alpha value is -1.82. The summed E-state index contributed by atoms with van der Waals surface area (Å²) >= 11 is 5.68. The Labute approximate surface area is 135 Å². The SMILES string of the molecule is CC(C)(CC(=O)Nc1ccc(Cl)nc1)NC(=O)OC(C)(C)C. The molecule has 2 amide bonds. The predicted octanol–water partition coefficient (Wildman–Crippen LogP) is 3.37. The van der Waals surface area contributed by atoms with Gasteiger partial charge in [-0.1, -0.05) is 11.6 Å². The maximum absolute atomic E-state index is 12.0. The summed E-state index contributed by atoms with van der Waals surface area (Å²) in [4.78, 5) is 27.7. The fraction of sp³-hybridized carbons (Fsp3) is 0.533. The summed E-state index contributed by atoms with van der Waals surface area (Å²) in [5.74, 6) is -0.245. The van der Waals surface area contributed by atoms with Crippen LogP contribution in [0.3, 0.4) is 0 Å². The van der Waals surface area contributed by atoms with Crippen LogP contribution in [0.4, 0.5) is 10.5 Å². The monoisotopic (exact) mass is 327 g/mol. The Morgan fingerprint density at radius 1 is 1.23 bits per heavy atom. The van der Waals surface area contributed by atoms with Crippen LogP contribution in [0, 0.1) is 0 Å². The molecule has 1 heterocycles. The lowest BCUT2D eigenvalue weighted by Gasteiger charge is -2.28. The normalized spacial score (nSPS) is 11.7. The number of pyridine rings is 1. The van der Waals surface area contributed by atoms with Crippen molar-refractivity contribution in [1.82, 2.24) is 10.3 Å². The molecule has 2 N–H and O–H groups in total. The van der Waals surface area contributed by atoms with Gasteiger partial charge >= 0.3 is 6.09 Å². The van der Waals surface area contributed by atoms with Crippen molar-refractivity contribution in [2.45, 2.75) is 52.2 Å². The van der Waals surface area contributed by atoms with Crippen LogP contribution in [0.25, 0.3) is 0 Å². The largest absolute Gasteiger partial charge is 0.444 e. The summed E-state index contributed by atoms with van der Waals surface area (Å²) in [7, 11) is 0. The number of carbonyl (C=O) groups excluding carboxylic acids is 2. The molecule has 0 saturated heterocycles. The van der Waals surface area contributed by atoms with E-state index in [0.29, 0.717) is 10.8 Å². The standard InChI is InChI=1S/C15H22ClN3O3/c1-14(2,3)22-13(21)19-15(4,5)8-12(20)18-10-6-7-11(16)17-9-10/h6-7,9H,8H2,1-5H3,(H,18,20)(H,19,21). The van der Waals surface area contributed by atoms with Gasteiger partial charge in [-0.25, -0.2) is 9.78 Å². The summed E-state index contributed by atoms with van der Waals surface area (Å²) in [6, 6.07) is 3.24. The number of halogens is 1. The minimum Gasteiger partial charge on any atom is -0.444 e. The number of nitrogens with zero attached hydrogens (tertiary/aromatic N) is 1. The molecular weight excluding hydrogens is 306 g/mol. The third-order valence-electron chi connectivity index (χ3n) is 2.45. The number of alkyl carbamates (subject to hydrolysis) is 1. The lowest BCUT2D eigenvalue weighted by molar-refractivity contribution is -0.117. The van der Waals surface area contributed by atoms with E-state index in [1.54, 1.807) is 46.8 Å². The first-order valence-electron chi connectivity index (χ1n) is 6.89. The number of aromatic nitrogens is 1. The molecule has 0 aromatic carbocycles. The van der Waals surface area contributed by atoms with Crippen LogP contribution >= 0.6 is 11.6 Å². The van der Waals surface area contributed by atoms with Gasteiger partial charge in [-0.05, 0) is 46.8 Å². The van der Waals surface area contributed by atoms with E-state index >= 15 is 0 Å². The number of rotatable bonds is 4. The van der Waals surface area contributed by atoms with Crippen molar-refractivity contribution in [3.05, 3.63) is 23.5 Å². The predicted molar refractivity (Wildman–Crippen MR) is 85.9 cm³/mol. The molecule has 0 bridgehead atoms. The molecule has 0 aliphatic heterocycles. The minimum absolute atomic E-state index is 0.0921. The Bertz CT molecular complexity index is 536. The van der Waals surface area contributed by atoms with E-state index in [1.165, 1.54) is 6.20 Å². The van der Waals surface area contributed by atoms with Crippen molar-refractivity contribution in [2.24, 2.45) is 0 Å². The van der Waals surface area contributed by atoms with Gasteiger partial charge in [0, 0.05) is 12.0 Å². The summed E-state index contributed by atoms with van der Waals surface area (Å²) in [6.07, 6.45) is 1.00. The molecule has 7 heteroatoms. The van der Waals surface area contributed by atoms with Gasteiger partial charge in [-0.2, -0.15) is 0 Å². The molecule has 0 aliphatic rings. The second kappa shape index (κ2) is 6.96. The molecule has 0 spiro atoms. The molecule has 6 nitrogen and oxygen atoms in total. The number of anilines is 1. The van der Waals surface area contributed by atoms with Gasteiger partial charge in [-0.15, -0.1) is 0 Å². The molecular formula is C15H22ClN3O3. The Balaban J connectivity index is 2.54. The van der Waals surface area contributed by atoms with E-state index in [2.05, 4.69) is 15.6 Å². The first-order valence-corrected chi connectivity index (χ1v) is 7.27. The molecule has 122 valence electrons. The number of carbonyl (C=O) groups is 2. The van der Waals surface area contributed by atoms with Crippen molar-refractivity contribution in [3.8, 4) is 0 Å². The van der Waals surface area contributed by atoms with E-state index in [1.807, 2.05) is 0 Å². The highest BCUT2D eigenvalue weighted by atomic mass is 35.5. The van der Waals surface area contributed by atoms with Crippen LogP contribution in [0.5, 0.6) is 0 Å². The lowest BCUT2D eigenvalue weighted by Crippen LogP contribution is -2.47. The third kappa shape index (κ3) is 7.26. The Morgan fingerprint density at radius 3 is 2.36 bits per heavy atom. The highest BCUT2D eigenvalue weighted by Gasteiger charge is 2.27. The number of amides is 2. The van der Waals surface area contributed by atoms with Crippen LogP contribution < -0.4 is 10.6 Å². The number of ether oxygens (including phenoxy) is 1. The summed E-state index contributed by atoms with van der Waals surface area (Å²) in [5, 5.41) is 5.73. The van der Waals surface area contributed by atoms with Crippen molar-refractivity contribution < 1.29 is 14.3 Å². The molecule has 0 fully saturated rings. The lowest BCUT2D eigenvalue weighted by atomic mass is 10.0. The molecule has 0 saturated carbocycles. The van der Waals surface area contributed by atoms with E-state index in [9.17, 15) is 9.59 Å². The fourth-order valence-electron chi connectivity index (χ4n) is 1.68. The third-order valence-corrected chi connectivity index (χ3v) is 2.68. The van der Waals surface area contributed by atoms with Crippen molar-refractivity contribution in [3.63, 3.8) is 0 Å². The van der Waals surface area contributed by atoms with Crippen LogP contribution in [0.2, 0.25) is 5.15 Å². The van der Waals surface area contributed by atoms with E-state index in [4.69, 9.17) is 16.3 Å². The topological polar surface area (TPSA) is 80.3 Å². The van der Waals surface area contributed by atoms with Gasteiger partial charge < -0.3 is 15.4 Å². The van der Waals surface area contributed by atoms with E-state index < -0.39 is 17.2 Å². The van der Waals surface area contributed by atoms with Crippen molar-refractivity contribution >= 4 is 29.3 Å². The quantitative estimate of drug-likeness (QED) is 0.831. The highest BCUT2D eigenvalue weighted by Crippen LogP contribution is 2.15. The average Bonchev–Trinajstić information content (AvgIpc) is 2.27. The van der Waals surface area contributed by atoms with Crippen molar-refractivity contribution in [2.75, 3.05) is 5.32 Å². The van der Waals surface area contributed by atoms with Gasteiger partial charge in [0.05, 0.1) is 11.9 Å². The molecule has 0 radical (unpaired) electrons. The zero-order valence-corrected chi connectivity index (χ0v) is 14.2. The summed E-state index contributed by atoms with van der Waals surface area (Å²) in [6.45, 7) is 8.83. The average molecular weight is 328 g/mol. The molecule has 0 aliphatic carbocycles. The Morgan fingerprint density at radius 2 is 1.86 bits per heavy atom. The van der Waals surface area contributed by atoms with Crippen LogP contribution in [0.15, 0.2) is 18.3 Å². The highest BCUT2D eigenvalue weighted by molar-refractivity contribution is 6.29. The first-order chi connectivity index (χ1) is 9.97. The number of hydrogen-bond acceptors (Lipinski definition) is 4. The number of hydrogen-bond donors (Lipinski definition) is 2. The smallest absolute Gasteiger partial charge is 0.408 e. The van der Waals surface area contributed by atoms with Gasteiger partial charge in [0.2, 0.25) is 5.91 Å². The molecule has 1 aromatic rings. The minimum atomic E-state index is -0.744. The molecule has 0 atom stereocenters. The van der Waals surface area contributed by atoms with Crippen LogP contribution in [-0.2, 0) is 9.53 Å². The summed E-state index contributed by atoms with van der Waals surface area (Å²) < 4.78 is 5.18. The Kier molecular flexibility index (Phi) is 5.77. The van der Waals surface area contributed by atoms with Gasteiger partial charge in [0.1, 0.15) is 10.8 Å². The van der Waals surface area contributed by atoms with Gasteiger partial charge in [0.15, 0.2) is 0 Å². The molecule has 0 unspecified atom stereocenters. The maximum Gasteiger partial charge on any atom is 0.408 e. The molecule has 1 aromatic heterocycles. The molecule has 1 rings (SSSR count). The fourth-order valence-corrected chi connectivity index (χ4v) is 1.79. The maximum atomic E-state index is 12.0.